The summed E-state index contributed by atoms with van der Waals surface area (Å²) in [6.07, 6.45) is 1.67. The third-order valence-electron chi connectivity index (χ3n) is 3.49. The van der Waals surface area contributed by atoms with Gasteiger partial charge in [0.15, 0.2) is 11.5 Å². The Morgan fingerprint density at radius 1 is 1.15 bits per heavy atom. The summed E-state index contributed by atoms with van der Waals surface area (Å²) in [4.78, 5) is 12.0. The van der Waals surface area contributed by atoms with Crippen molar-refractivity contribution in [2.24, 2.45) is 5.10 Å². The Hall–Kier alpha value is -2.73. The lowest BCUT2D eigenvalue weighted by atomic mass is 10.1. The van der Waals surface area contributed by atoms with E-state index < -0.39 is 0 Å². The average molecular weight is 377 g/mol. The van der Waals surface area contributed by atoms with Gasteiger partial charge < -0.3 is 14.2 Å². The minimum absolute atomic E-state index is 0.212. The molecule has 2 aromatic rings. The molecule has 1 amide bonds. The number of halogens is 1. The first kappa shape index (κ1) is 19.6. The molecule has 1 N–H and O–H groups in total. The predicted octanol–water partition coefficient (Wildman–Crippen LogP) is 3.45. The highest BCUT2D eigenvalue weighted by Gasteiger charge is 2.09. The number of carbonyl (C=O) groups is 1. The second kappa shape index (κ2) is 9.68. The molecule has 0 aromatic heterocycles. The zero-order valence-corrected chi connectivity index (χ0v) is 15.7. The number of hydrogen-bond donors (Lipinski definition) is 1. The van der Waals surface area contributed by atoms with Crippen LogP contribution in [0.4, 0.5) is 0 Å². The lowest BCUT2D eigenvalue weighted by Gasteiger charge is -2.09. The Kier molecular flexibility index (Phi) is 7.29. The van der Waals surface area contributed by atoms with Crippen LogP contribution in [0.25, 0.3) is 0 Å². The van der Waals surface area contributed by atoms with Crippen molar-refractivity contribution in [3.8, 4) is 17.2 Å². The standard InChI is InChI=1S/C19H21ClN2O4/c1-4-26-15-7-5-13(6-8-15)9-19(23)22-21-12-14-10-17(24-2)18(25-3)11-16(14)20/h5-8,10-12H,4,9H2,1-3H3,(H,22,23)/b21-12-. The van der Waals surface area contributed by atoms with Gasteiger partial charge in [0, 0.05) is 11.6 Å². The number of carbonyl (C=O) groups excluding carboxylic acids is 1. The monoisotopic (exact) mass is 376 g/mol. The fourth-order valence-corrected chi connectivity index (χ4v) is 2.44. The Balaban J connectivity index is 1.96. The molecular weight excluding hydrogens is 356 g/mol. The molecule has 0 aliphatic rings. The third-order valence-corrected chi connectivity index (χ3v) is 3.82. The van der Waals surface area contributed by atoms with E-state index in [9.17, 15) is 4.79 Å². The quantitative estimate of drug-likeness (QED) is 0.566. The zero-order chi connectivity index (χ0) is 18.9. The van der Waals surface area contributed by atoms with Crippen LogP contribution in [0.2, 0.25) is 5.02 Å². The van der Waals surface area contributed by atoms with Crippen LogP contribution >= 0.6 is 11.6 Å². The van der Waals surface area contributed by atoms with Crippen molar-refractivity contribution in [3.05, 3.63) is 52.5 Å². The smallest absolute Gasteiger partial charge is 0.244 e. The largest absolute Gasteiger partial charge is 0.494 e. The number of methoxy groups -OCH3 is 2. The molecule has 7 heteroatoms. The van der Waals surface area contributed by atoms with Crippen LogP contribution in [0.15, 0.2) is 41.5 Å². The van der Waals surface area contributed by atoms with Crippen molar-refractivity contribution in [1.29, 1.82) is 0 Å². The molecule has 2 rings (SSSR count). The molecular formula is C19H21ClN2O4. The first-order valence-corrected chi connectivity index (χ1v) is 8.40. The number of benzene rings is 2. The Bertz CT molecular complexity index is 776. The molecule has 2 aromatic carbocycles. The first-order valence-electron chi connectivity index (χ1n) is 8.02. The molecule has 0 heterocycles. The maximum atomic E-state index is 12.0. The van der Waals surface area contributed by atoms with Crippen LogP contribution in [0.1, 0.15) is 18.1 Å². The van der Waals surface area contributed by atoms with E-state index in [2.05, 4.69) is 10.5 Å². The summed E-state index contributed by atoms with van der Waals surface area (Å²) in [7, 11) is 3.06. The lowest BCUT2D eigenvalue weighted by molar-refractivity contribution is -0.120. The normalized spacial score (nSPS) is 10.6. The first-order chi connectivity index (χ1) is 12.6. The van der Waals surface area contributed by atoms with Crippen molar-refractivity contribution < 1.29 is 19.0 Å². The molecule has 0 aliphatic heterocycles. The number of nitrogens with zero attached hydrogens (tertiary/aromatic N) is 1. The van der Waals surface area contributed by atoms with Gasteiger partial charge in [-0.05, 0) is 30.7 Å². The molecule has 0 saturated heterocycles. The van der Waals surface area contributed by atoms with Gasteiger partial charge in [-0.1, -0.05) is 23.7 Å². The molecule has 0 fully saturated rings. The van der Waals surface area contributed by atoms with Crippen LogP contribution in [0, 0.1) is 0 Å². The van der Waals surface area contributed by atoms with Gasteiger partial charge in [-0.25, -0.2) is 5.43 Å². The molecule has 0 spiro atoms. The van der Waals surface area contributed by atoms with E-state index in [0.29, 0.717) is 28.7 Å². The van der Waals surface area contributed by atoms with E-state index >= 15 is 0 Å². The van der Waals surface area contributed by atoms with Gasteiger partial charge in [0.2, 0.25) is 5.91 Å². The Morgan fingerprint density at radius 2 is 1.81 bits per heavy atom. The zero-order valence-electron chi connectivity index (χ0n) is 14.9. The van der Waals surface area contributed by atoms with E-state index in [-0.39, 0.29) is 12.3 Å². The molecule has 0 radical (unpaired) electrons. The Morgan fingerprint density at radius 3 is 2.42 bits per heavy atom. The molecule has 138 valence electrons. The summed E-state index contributed by atoms with van der Waals surface area (Å²) < 4.78 is 15.8. The number of rotatable bonds is 8. The fraction of sp³-hybridized carbons (Fsp3) is 0.263. The van der Waals surface area contributed by atoms with Crippen LogP contribution in [-0.2, 0) is 11.2 Å². The molecule has 0 saturated carbocycles. The third kappa shape index (κ3) is 5.39. The average Bonchev–Trinajstić information content (AvgIpc) is 2.64. The Labute approximate surface area is 157 Å². The molecule has 0 atom stereocenters. The summed E-state index contributed by atoms with van der Waals surface area (Å²) in [5, 5.41) is 4.38. The van der Waals surface area contributed by atoms with E-state index in [4.69, 9.17) is 25.8 Å². The molecule has 0 bridgehead atoms. The maximum Gasteiger partial charge on any atom is 0.244 e. The second-order valence-electron chi connectivity index (χ2n) is 5.28. The summed E-state index contributed by atoms with van der Waals surface area (Å²) in [5.41, 5.74) is 3.95. The lowest BCUT2D eigenvalue weighted by Crippen LogP contribution is -2.19. The minimum Gasteiger partial charge on any atom is -0.494 e. The molecule has 26 heavy (non-hydrogen) atoms. The predicted molar refractivity (Wildman–Crippen MR) is 102 cm³/mol. The van der Waals surface area contributed by atoms with Crippen LogP contribution in [0.5, 0.6) is 17.2 Å². The van der Waals surface area contributed by atoms with Gasteiger partial charge in [0.05, 0.1) is 38.5 Å². The van der Waals surface area contributed by atoms with Gasteiger partial charge in [-0.15, -0.1) is 0 Å². The highest BCUT2D eigenvalue weighted by molar-refractivity contribution is 6.33. The molecule has 6 nitrogen and oxygen atoms in total. The molecule has 0 aliphatic carbocycles. The second-order valence-corrected chi connectivity index (χ2v) is 5.68. The highest BCUT2D eigenvalue weighted by Crippen LogP contribution is 2.32. The summed E-state index contributed by atoms with van der Waals surface area (Å²) >= 11 is 6.17. The number of hydrogen-bond acceptors (Lipinski definition) is 5. The summed E-state index contributed by atoms with van der Waals surface area (Å²) in [6, 6.07) is 10.7. The number of ether oxygens (including phenoxy) is 3. The van der Waals surface area contributed by atoms with Crippen LogP contribution < -0.4 is 19.6 Å². The maximum absolute atomic E-state index is 12.0. The van der Waals surface area contributed by atoms with Crippen molar-refractivity contribution in [2.45, 2.75) is 13.3 Å². The van der Waals surface area contributed by atoms with E-state index in [1.807, 2.05) is 31.2 Å². The number of hydrazone groups is 1. The van der Waals surface area contributed by atoms with Crippen molar-refractivity contribution in [2.75, 3.05) is 20.8 Å². The van der Waals surface area contributed by atoms with Crippen LogP contribution in [0.3, 0.4) is 0 Å². The topological polar surface area (TPSA) is 69.2 Å². The van der Waals surface area contributed by atoms with E-state index in [0.717, 1.165) is 11.3 Å². The van der Waals surface area contributed by atoms with Gasteiger partial charge >= 0.3 is 0 Å². The van der Waals surface area contributed by atoms with Gasteiger partial charge in [-0.2, -0.15) is 5.10 Å². The van der Waals surface area contributed by atoms with Gasteiger partial charge in [-0.3, -0.25) is 4.79 Å². The van der Waals surface area contributed by atoms with Crippen molar-refractivity contribution in [3.63, 3.8) is 0 Å². The highest BCUT2D eigenvalue weighted by atomic mass is 35.5. The van der Waals surface area contributed by atoms with E-state index in [1.54, 1.807) is 12.1 Å². The number of amides is 1. The van der Waals surface area contributed by atoms with Crippen molar-refractivity contribution >= 4 is 23.7 Å². The molecule has 0 unspecified atom stereocenters. The summed E-state index contributed by atoms with van der Waals surface area (Å²) in [5.74, 6) is 1.59. The number of nitrogens with one attached hydrogen (secondary N) is 1. The van der Waals surface area contributed by atoms with Gasteiger partial charge in [0.1, 0.15) is 5.75 Å². The van der Waals surface area contributed by atoms with Crippen LogP contribution in [-0.4, -0.2) is 32.9 Å². The SMILES string of the molecule is CCOc1ccc(CC(=O)N/N=C\c2cc(OC)c(OC)cc2Cl)cc1. The van der Waals surface area contributed by atoms with Crippen molar-refractivity contribution in [1.82, 2.24) is 5.43 Å². The fourth-order valence-electron chi connectivity index (χ4n) is 2.24. The minimum atomic E-state index is -0.234. The van der Waals surface area contributed by atoms with Gasteiger partial charge in [0.25, 0.3) is 0 Å². The summed E-state index contributed by atoms with van der Waals surface area (Å²) in [6.45, 7) is 2.53. The van der Waals surface area contributed by atoms with E-state index in [1.165, 1.54) is 20.4 Å².